The Kier molecular flexibility index (Phi) is 7.10. The fourth-order valence-corrected chi connectivity index (χ4v) is 4.83. The number of carbonyl (C=O) groups is 2. The molecule has 1 unspecified atom stereocenters. The predicted octanol–water partition coefficient (Wildman–Crippen LogP) is 5.50. The van der Waals surface area contributed by atoms with Gasteiger partial charge in [0.1, 0.15) is 17.3 Å². The van der Waals surface area contributed by atoms with Gasteiger partial charge in [0.2, 0.25) is 0 Å². The Balaban J connectivity index is 1.74. The number of carboxylic acids is 1. The molecule has 1 atom stereocenters. The van der Waals surface area contributed by atoms with Gasteiger partial charge < -0.3 is 15.7 Å². The van der Waals surface area contributed by atoms with Crippen LogP contribution in [0.4, 0.5) is 10.2 Å². The van der Waals surface area contributed by atoms with Crippen LogP contribution >= 0.6 is 0 Å². The van der Waals surface area contributed by atoms with Crippen LogP contribution in [0, 0.1) is 11.7 Å². The Morgan fingerprint density at radius 3 is 2.46 bits per heavy atom. The van der Waals surface area contributed by atoms with Crippen molar-refractivity contribution in [1.82, 2.24) is 14.7 Å². The number of anilines is 1. The normalized spacial score (nSPS) is 15.7. The van der Waals surface area contributed by atoms with E-state index in [-0.39, 0.29) is 29.6 Å². The first-order chi connectivity index (χ1) is 16.6. The second-order valence-corrected chi connectivity index (χ2v) is 10.4. The Bertz CT molecular complexity index is 1210. The van der Waals surface area contributed by atoms with Crippen molar-refractivity contribution in [2.24, 2.45) is 5.92 Å². The molecule has 3 aromatic rings. The molecule has 2 heterocycles. The number of carbonyl (C=O) groups excluding carboxylic acids is 1. The molecule has 1 amide bonds. The van der Waals surface area contributed by atoms with Gasteiger partial charge in [-0.1, -0.05) is 19.3 Å². The van der Waals surface area contributed by atoms with Gasteiger partial charge in [0.05, 0.1) is 12.0 Å². The third-order valence-corrected chi connectivity index (χ3v) is 6.44. The molecular weight excluding hydrogens is 447 g/mol. The van der Waals surface area contributed by atoms with Crippen molar-refractivity contribution >= 4 is 23.3 Å². The SMILES string of the molecule is CC(C)(C)Nc1c(-c2ccc(F)cc2)nc2c(C(=O)NC(CC(=O)O)C3CCCCC3)cccn12. The fourth-order valence-electron chi connectivity index (χ4n) is 4.83. The lowest BCUT2D eigenvalue weighted by atomic mass is 9.82. The minimum atomic E-state index is -0.921. The first-order valence-electron chi connectivity index (χ1n) is 12.2. The molecule has 2 aromatic heterocycles. The highest BCUT2D eigenvalue weighted by Gasteiger charge is 2.29. The molecule has 4 rings (SSSR count). The number of carboxylic acid groups (broad SMARTS) is 1. The molecular formula is C27H33FN4O3. The topological polar surface area (TPSA) is 95.7 Å². The summed E-state index contributed by atoms with van der Waals surface area (Å²) in [5.74, 6) is -0.755. The lowest BCUT2D eigenvalue weighted by Crippen LogP contribution is -2.42. The van der Waals surface area contributed by atoms with Crippen LogP contribution in [0.5, 0.6) is 0 Å². The van der Waals surface area contributed by atoms with Crippen LogP contribution in [0.1, 0.15) is 69.7 Å². The predicted molar refractivity (Wildman–Crippen MR) is 134 cm³/mol. The third-order valence-electron chi connectivity index (χ3n) is 6.44. The van der Waals surface area contributed by atoms with Gasteiger partial charge in [0.25, 0.3) is 5.91 Å². The zero-order chi connectivity index (χ0) is 25.2. The number of imidazole rings is 1. The van der Waals surface area contributed by atoms with Crippen LogP contribution in [-0.4, -0.2) is 37.9 Å². The smallest absolute Gasteiger partial charge is 0.305 e. The molecule has 7 nitrogen and oxygen atoms in total. The molecule has 1 aliphatic carbocycles. The molecule has 186 valence electrons. The summed E-state index contributed by atoms with van der Waals surface area (Å²) in [6, 6.07) is 9.14. The maximum Gasteiger partial charge on any atom is 0.305 e. The molecule has 1 saturated carbocycles. The van der Waals surface area contributed by atoms with Gasteiger partial charge in [-0.3, -0.25) is 14.0 Å². The lowest BCUT2D eigenvalue weighted by Gasteiger charge is -2.30. The highest BCUT2D eigenvalue weighted by Crippen LogP contribution is 2.33. The first-order valence-corrected chi connectivity index (χ1v) is 12.2. The number of benzene rings is 1. The van der Waals surface area contributed by atoms with Gasteiger partial charge >= 0.3 is 5.97 Å². The van der Waals surface area contributed by atoms with E-state index in [4.69, 9.17) is 4.98 Å². The maximum absolute atomic E-state index is 13.6. The number of pyridine rings is 1. The molecule has 0 bridgehead atoms. The van der Waals surface area contributed by atoms with Crippen molar-refractivity contribution in [1.29, 1.82) is 0 Å². The van der Waals surface area contributed by atoms with Crippen molar-refractivity contribution in [3.63, 3.8) is 0 Å². The van der Waals surface area contributed by atoms with Gasteiger partial charge in [0.15, 0.2) is 5.65 Å². The van der Waals surface area contributed by atoms with Crippen LogP contribution in [0.2, 0.25) is 0 Å². The highest BCUT2D eigenvalue weighted by molar-refractivity contribution is 6.01. The molecule has 8 heteroatoms. The number of nitrogens with one attached hydrogen (secondary N) is 2. The lowest BCUT2D eigenvalue weighted by molar-refractivity contribution is -0.137. The van der Waals surface area contributed by atoms with Gasteiger partial charge in [-0.15, -0.1) is 0 Å². The fraction of sp³-hybridized carbons (Fsp3) is 0.444. The van der Waals surface area contributed by atoms with Crippen LogP contribution in [0.3, 0.4) is 0 Å². The van der Waals surface area contributed by atoms with Crippen molar-refractivity contribution in [3.05, 3.63) is 54.0 Å². The summed E-state index contributed by atoms with van der Waals surface area (Å²) in [6.07, 6.45) is 6.81. The largest absolute Gasteiger partial charge is 0.481 e. The quantitative estimate of drug-likeness (QED) is 0.415. The molecule has 3 N–H and O–H groups in total. The van der Waals surface area contributed by atoms with E-state index < -0.39 is 12.0 Å². The summed E-state index contributed by atoms with van der Waals surface area (Å²) in [7, 11) is 0. The van der Waals surface area contributed by atoms with Crippen molar-refractivity contribution in [2.75, 3.05) is 5.32 Å². The molecule has 0 saturated heterocycles. The van der Waals surface area contributed by atoms with Gasteiger partial charge in [0, 0.05) is 23.3 Å². The van der Waals surface area contributed by atoms with Crippen LogP contribution in [0.15, 0.2) is 42.6 Å². The minimum Gasteiger partial charge on any atom is -0.481 e. The summed E-state index contributed by atoms with van der Waals surface area (Å²) in [4.78, 5) is 29.8. The standard InChI is InChI=1S/C27H33FN4O3/c1-27(2,3)31-25-23(18-11-13-19(28)14-12-18)30-24-20(10-7-15-32(24)25)26(35)29-21(16-22(33)34)17-8-5-4-6-9-17/h7,10-15,17,21,31H,4-6,8-9,16H2,1-3H3,(H,29,35)(H,33,34). The average molecular weight is 481 g/mol. The second-order valence-electron chi connectivity index (χ2n) is 10.4. The number of hydrogen-bond acceptors (Lipinski definition) is 4. The zero-order valence-electron chi connectivity index (χ0n) is 20.5. The van der Waals surface area contributed by atoms with Crippen LogP contribution in [0.25, 0.3) is 16.9 Å². The van der Waals surface area contributed by atoms with Gasteiger partial charge in [-0.2, -0.15) is 0 Å². The third kappa shape index (κ3) is 5.81. The van der Waals surface area contributed by atoms with Crippen molar-refractivity contribution < 1.29 is 19.1 Å². The summed E-state index contributed by atoms with van der Waals surface area (Å²) >= 11 is 0. The Labute approximate surface area is 204 Å². The molecule has 35 heavy (non-hydrogen) atoms. The first kappa shape index (κ1) is 24.7. The zero-order valence-corrected chi connectivity index (χ0v) is 20.5. The molecule has 0 aliphatic heterocycles. The minimum absolute atomic E-state index is 0.106. The molecule has 1 fully saturated rings. The van der Waals surface area contributed by atoms with Crippen molar-refractivity contribution in [2.45, 2.75) is 70.9 Å². The van der Waals surface area contributed by atoms with E-state index in [1.165, 1.54) is 12.1 Å². The Morgan fingerprint density at radius 1 is 1.14 bits per heavy atom. The molecule has 1 aliphatic rings. The summed E-state index contributed by atoms with van der Waals surface area (Å²) in [6.45, 7) is 6.08. The number of halogens is 1. The Hall–Kier alpha value is -3.42. The van der Waals surface area contributed by atoms with Crippen LogP contribution in [-0.2, 0) is 4.79 Å². The van der Waals surface area contributed by atoms with E-state index in [9.17, 15) is 19.1 Å². The van der Waals surface area contributed by atoms with E-state index in [0.29, 0.717) is 22.7 Å². The molecule has 1 aromatic carbocycles. The average Bonchev–Trinajstić information content (AvgIpc) is 3.16. The van der Waals surface area contributed by atoms with E-state index >= 15 is 0 Å². The van der Waals surface area contributed by atoms with E-state index in [0.717, 1.165) is 37.7 Å². The van der Waals surface area contributed by atoms with Gasteiger partial charge in [-0.05, 0) is 75.9 Å². The van der Waals surface area contributed by atoms with E-state index in [2.05, 4.69) is 10.6 Å². The monoisotopic (exact) mass is 480 g/mol. The Morgan fingerprint density at radius 2 is 1.83 bits per heavy atom. The van der Waals surface area contributed by atoms with Crippen molar-refractivity contribution in [3.8, 4) is 11.3 Å². The van der Waals surface area contributed by atoms with Crippen LogP contribution < -0.4 is 10.6 Å². The van der Waals surface area contributed by atoms with Gasteiger partial charge in [-0.25, -0.2) is 9.37 Å². The second kappa shape index (κ2) is 10.1. The number of nitrogens with zero attached hydrogens (tertiary/aromatic N) is 2. The summed E-state index contributed by atoms with van der Waals surface area (Å²) in [5.41, 5.74) is 1.85. The number of aromatic nitrogens is 2. The summed E-state index contributed by atoms with van der Waals surface area (Å²) < 4.78 is 15.4. The number of fused-ring (bicyclic) bond motifs is 1. The number of amides is 1. The molecule has 0 radical (unpaired) electrons. The maximum atomic E-state index is 13.6. The highest BCUT2D eigenvalue weighted by atomic mass is 19.1. The van der Waals surface area contributed by atoms with E-state index in [1.54, 1.807) is 24.3 Å². The summed E-state index contributed by atoms with van der Waals surface area (Å²) in [5, 5.41) is 15.9. The molecule has 0 spiro atoms. The number of rotatable bonds is 7. The van der Waals surface area contributed by atoms with E-state index in [1.807, 2.05) is 31.4 Å². The number of aliphatic carboxylic acids is 1. The number of hydrogen-bond donors (Lipinski definition) is 3.